The van der Waals surface area contributed by atoms with Gasteiger partial charge >= 0.3 is 5.97 Å². The molecule has 0 radical (unpaired) electrons. The van der Waals surface area contributed by atoms with E-state index in [-0.39, 0.29) is 16.6 Å². The van der Waals surface area contributed by atoms with Crippen LogP contribution in [0.4, 0.5) is 10.1 Å². The Balaban J connectivity index is 3.58. The zero-order chi connectivity index (χ0) is 15.5. The molecule has 6 nitrogen and oxygen atoms in total. The van der Waals surface area contributed by atoms with Crippen LogP contribution in [0, 0.1) is 27.3 Å². The standard InChI is InChI=1S/C12H10BrFN2O4/c1-3-20-11(17)12(2,6-15)7-4-9(14)8(13)5-10(7)16(18)19/h4-5H,3H2,1-2H3. The van der Waals surface area contributed by atoms with Crippen LogP contribution in [-0.4, -0.2) is 17.5 Å². The van der Waals surface area contributed by atoms with Crippen LogP contribution in [0.2, 0.25) is 0 Å². The van der Waals surface area contributed by atoms with Crippen LogP contribution < -0.4 is 0 Å². The van der Waals surface area contributed by atoms with Gasteiger partial charge in [-0.3, -0.25) is 10.1 Å². The largest absolute Gasteiger partial charge is 0.465 e. The fraction of sp³-hybridized carbons (Fsp3) is 0.333. The molecule has 0 aliphatic heterocycles. The highest BCUT2D eigenvalue weighted by Crippen LogP contribution is 2.36. The molecule has 0 amide bonds. The number of nitriles is 1. The van der Waals surface area contributed by atoms with Crippen LogP contribution in [0.1, 0.15) is 19.4 Å². The third kappa shape index (κ3) is 2.77. The van der Waals surface area contributed by atoms with Gasteiger partial charge in [0.1, 0.15) is 5.82 Å². The van der Waals surface area contributed by atoms with E-state index in [1.54, 1.807) is 6.07 Å². The Morgan fingerprint density at radius 2 is 2.25 bits per heavy atom. The molecule has 0 bridgehead atoms. The van der Waals surface area contributed by atoms with Crippen molar-refractivity contribution in [3.05, 3.63) is 38.1 Å². The van der Waals surface area contributed by atoms with Crippen molar-refractivity contribution < 1.29 is 18.8 Å². The van der Waals surface area contributed by atoms with Crippen LogP contribution in [0.15, 0.2) is 16.6 Å². The first-order valence-electron chi connectivity index (χ1n) is 5.50. The van der Waals surface area contributed by atoms with E-state index in [4.69, 9.17) is 4.74 Å². The number of esters is 1. The Kier molecular flexibility index (Phi) is 4.78. The first-order valence-corrected chi connectivity index (χ1v) is 6.29. The van der Waals surface area contributed by atoms with Crippen LogP contribution in [-0.2, 0) is 14.9 Å². The number of carbonyl (C=O) groups is 1. The Morgan fingerprint density at radius 1 is 1.65 bits per heavy atom. The van der Waals surface area contributed by atoms with Crippen LogP contribution >= 0.6 is 15.9 Å². The van der Waals surface area contributed by atoms with Crippen molar-refractivity contribution in [1.29, 1.82) is 5.26 Å². The lowest BCUT2D eigenvalue weighted by Gasteiger charge is -2.20. The molecule has 0 N–H and O–H groups in total. The van der Waals surface area contributed by atoms with Crippen molar-refractivity contribution in [3.63, 3.8) is 0 Å². The zero-order valence-electron chi connectivity index (χ0n) is 10.6. The number of benzene rings is 1. The Labute approximate surface area is 122 Å². The highest BCUT2D eigenvalue weighted by atomic mass is 79.9. The summed E-state index contributed by atoms with van der Waals surface area (Å²) in [7, 11) is 0. The molecular weight excluding hydrogens is 335 g/mol. The Bertz CT molecular complexity index is 614. The van der Waals surface area contributed by atoms with Crippen molar-refractivity contribution in [3.8, 4) is 6.07 Å². The number of nitro benzene ring substituents is 1. The summed E-state index contributed by atoms with van der Waals surface area (Å²) in [6.45, 7) is 2.69. The molecule has 1 rings (SSSR count). The molecule has 0 aliphatic rings. The number of ether oxygens (including phenoxy) is 1. The van der Waals surface area contributed by atoms with Crippen molar-refractivity contribution in [2.24, 2.45) is 0 Å². The summed E-state index contributed by atoms with van der Waals surface area (Å²) in [5.74, 6) is -1.77. The van der Waals surface area contributed by atoms with E-state index in [1.807, 2.05) is 0 Å². The molecule has 1 unspecified atom stereocenters. The molecule has 1 aromatic carbocycles. The minimum atomic E-state index is -1.96. The molecule has 0 saturated heterocycles. The van der Waals surface area contributed by atoms with Gasteiger partial charge in [-0.25, -0.2) is 9.18 Å². The van der Waals surface area contributed by atoms with Crippen LogP contribution in [0.3, 0.4) is 0 Å². The van der Waals surface area contributed by atoms with Gasteiger partial charge in [-0.05, 0) is 35.8 Å². The second-order valence-corrected chi connectivity index (χ2v) is 4.85. The summed E-state index contributed by atoms with van der Waals surface area (Å²) in [5, 5.41) is 20.2. The minimum Gasteiger partial charge on any atom is -0.465 e. The van der Waals surface area contributed by atoms with Gasteiger partial charge in [0.2, 0.25) is 0 Å². The van der Waals surface area contributed by atoms with E-state index in [1.165, 1.54) is 6.92 Å². The van der Waals surface area contributed by atoms with E-state index in [0.717, 1.165) is 19.1 Å². The first kappa shape index (κ1) is 16.0. The van der Waals surface area contributed by atoms with Crippen LogP contribution in [0.5, 0.6) is 0 Å². The SMILES string of the molecule is CCOC(=O)C(C)(C#N)c1cc(F)c(Br)cc1[N+](=O)[O-]. The Morgan fingerprint density at radius 3 is 2.70 bits per heavy atom. The predicted octanol–water partition coefficient (Wildman–Crippen LogP) is 2.84. The highest BCUT2D eigenvalue weighted by Gasteiger charge is 2.43. The molecule has 0 saturated carbocycles. The van der Waals surface area contributed by atoms with E-state index >= 15 is 0 Å². The molecule has 1 atom stereocenters. The lowest BCUT2D eigenvalue weighted by molar-refractivity contribution is -0.386. The smallest absolute Gasteiger partial charge is 0.331 e. The summed E-state index contributed by atoms with van der Waals surface area (Å²) < 4.78 is 18.2. The fourth-order valence-corrected chi connectivity index (χ4v) is 1.91. The Hall–Kier alpha value is -2.01. The number of hydrogen-bond donors (Lipinski definition) is 0. The number of nitro groups is 1. The van der Waals surface area contributed by atoms with Gasteiger partial charge in [0.05, 0.1) is 27.6 Å². The third-order valence-corrected chi connectivity index (χ3v) is 3.29. The second kappa shape index (κ2) is 5.96. The van der Waals surface area contributed by atoms with Gasteiger partial charge in [-0.15, -0.1) is 0 Å². The van der Waals surface area contributed by atoms with Gasteiger partial charge in [0.25, 0.3) is 5.69 Å². The number of hydrogen-bond acceptors (Lipinski definition) is 5. The zero-order valence-corrected chi connectivity index (χ0v) is 12.2. The molecule has 0 spiro atoms. The van der Waals surface area contributed by atoms with Gasteiger partial charge in [0.15, 0.2) is 5.41 Å². The molecule has 1 aromatic rings. The maximum Gasteiger partial charge on any atom is 0.331 e. The summed E-state index contributed by atoms with van der Waals surface area (Å²) in [4.78, 5) is 22.1. The monoisotopic (exact) mass is 344 g/mol. The topological polar surface area (TPSA) is 93.2 Å². The first-order chi connectivity index (χ1) is 9.27. The maximum atomic E-state index is 13.6. The number of rotatable bonds is 4. The minimum absolute atomic E-state index is 0.00289. The lowest BCUT2D eigenvalue weighted by Crippen LogP contribution is -2.33. The van der Waals surface area contributed by atoms with E-state index in [9.17, 15) is 24.6 Å². The van der Waals surface area contributed by atoms with Crippen LogP contribution in [0.25, 0.3) is 0 Å². The van der Waals surface area contributed by atoms with Gasteiger partial charge in [-0.1, -0.05) is 0 Å². The van der Waals surface area contributed by atoms with E-state index < -0.39 is 27.8 Å². The van der Waals surface area contributed by atoms with Gasteiger partial charge < -0.3 is 4.74 Å². The van der Waals surface area contributed by atoms with Gasteiger partial charge in [-0.2, -0.15) is 5.26 Å². The second-order valence-electron chi connectivity index (χ2n) is 4.00. The maximum absolute atomic E-state index is 13.6. The molecule has 0 aliphatic carbocycles. The average molecular weight is 345 g/mol. The average Bonchev–Trinajstić information content (AvgIpc) is 2.40. The van der Waals surface area contributed by atoms with Crippen molar-refractivity contribution >= 4 is 27.6 Å². The van der Waals surface area contributed by atoms with E-state index in [0.29, 0.717) is 0 Å². The van der Waals surface area contributed by atoms with Gasteiger partial charge in [0, 0.05) is 6.07 Å². The van der Waals surface area contributed by atoms with Crippen molar-refractivity contribution in [1.82, 2.24) is 0 Å². The molecular formula is C12H10BrFN2O4. The summed E-state index contributed by atoms with van der Waals surface area (Å²) in [5.41, 5.74) is -2.83. The molecule has 8 heteroatoms. The predicted molar refractivity (Wildman–Crippen MR) is 70.4 cm³/mol. The normalized spacial score (nSPS) is 13.2. The molecule has 106 valence electrons. The highest BCUT2D eigenvalue weighted by molar-refractivity contribution is 9.10. The van der Waals surface area contributed by atoms with Crippen molar-refractivity contribution in [2.75, 3.05) is 6.61 Å². The molecule has 0 fully saturated rings. The molecule has 20 heavy (non-hydrogen) atoms. The quantitative estimate of drug-likeness (QED) is 0.475. The number of nitrogens with zero attached hydrogens (tertiary/aromatic N) is 2. The number of halogens is 2. The summed E-state index contributed by atoms with van der Waals surface area (Å²) in [6, 6.07) is 3.37. The fourth-order valence-electron chi connectivity index (χ4n) is 1.58. The molecule has 0 heterocycles. The third-order valence-electron chi connectivity index (χ3n) is 2.68. The van der Waals surface area contributed by atoms with Crippen molar-refractivity contribution in [2.45, 2.75) is 19.3 Å². The molecule has 0 aromatic heterocycles. The van der Waals surface area contributed by atoms with E-state index in [2.05, 4.69) is 15.9 Å². The summed E-state index contributed by atoms with van der Waals surface area (Å²) >= 11 is 2.83. The summed E-state index contributed by atoms with van der Waals surface area (Å²) in [6.07, 6.45) is 0. The lowest BCUT2D eigenvalue weighted by atomic mass is 9.83. The number of carbonyl (C=O) groups excluding carboxylic acids is 1.